The quantitative estimate of drug-likeness (QED) is 0.712. The molecule has 96 valence electrons. The molecule has 2 atom stereocenters. The zero-order valence-corrected chi connectivity index (χ0v) is 9.98. The highest BCUT2D eigenvalue weighted by Crippen LogP contribution is 2.23. The van der Waals surface area contributed by atoms with Gasteiger partial charge in [-0.25, -0.2) is 0 Å². The number of benzene rings is 1. The fraction of sp³-hybridized carbons (Fsp3) is 0.462. The van der Waals surface area contributed by atoms with Crippen LogP contribution in [0.25, 0.3) is 0 Å². The minimum absolute atomic E-state index is 0.153. The van der Waals surface area contributed by atoms with E-state index in [1.54, 1.807) is 6.07 Å². The van der Waals surface area contributed by atoms with Gasteiger partial charge in [0.05, 0.1) is 12.6 Å². The van der Waals surface area contributed by atoms with Crippen molar-refractivity contribution in [2.24, 2.45) is 0 Å². The molecule has 5 nitrogen and oxygen atoms in total. The van der Waals surface area contributed by atoms with E-state index >= 15 is 0 Å². The Balaban J connectivity index is 1.72. The number of nitrogens with one attached hydrogen (secondary N) is 2. The van der Waals surface area contributed by atoms with Gasteiger partial charge in [-0.3, -0.25) is 4.79 Å². The van der Waals surface area contributed by atoms with Gasteiger partial charge >= 0.3 is 0 Å². The third-order valence-corrected chi connectivity index (χ3v) is 3.46. The van der Waals surface area contributed by atoms with Crippen molar-refractivity contribution < 1.29 is 14.6 Å². The van der Waals surface area contributed by atoms with Crippen LogP contribution >= 0.6 is 0 Å². The summed E-state index contributed by atoms with van der Waals surface area (Å²) in [5.41, 5.74) is 2.92. The molecule has 1 aromatic rings. The predicted octanol–water partition coefficient (Wildman–Crippen LogP) is 0.492. The Hall–Kier alpha value is -1.59. The van der Waals surface area contributed by atoms with E-state index < -0.39 is 6.29 Å². The lowest BCUT2D eigenvalue weighted by Crippen LogP contribution is -2.40. The summed E-state index contributed by atoms with van der Waals surface area (Å²) in [4.78, 5) is 12.0. The lowest BCUT2D eigenvalue weighted by atomic mass is 10.1. The summed E-state index contributed by atoms with van der Waals surface area (Å²) in [6.07, 6.45) is 0.718. The first kappa shape index (κ1) is 11.5. The molecule has 2 unspecified atom stereocenters. The standard InChI is InChI=1S/C13H16N2O3/c16-12(15-11-4-6-18-13(11)17)9-1-2-10-8(7-9)3-5-14-10/h1-2,7,11,13-14,17H,3-6H2,(H,15,16). The normalized spacial score (nSPS) is 25.6. The zero-order chi connectivity index (χ0) is 12.5. The first-order chi connectivity index (χ1) is 8.74. The van der Waals surface area contributed by atoms with Gasteiger partial charge in [0.2, 0.25) is 0 Å². The zero-order valence-electron chi connectivity index (χ0n) is 9.98. The van der Waals surface area contributed by atoms with Crippen LogP contribution in [0.2, 0.25) is 0 Å². The minimum atomic E-state index is -0.884. The number of fused-ring (bicyclic) bond motifs is 1. The van der Waals surface area contributed by atoms with Crippen molar-refractivity contribution in [2.75, 3.05) is 18.5 Å². The molecule has 0 aliphatic carbocycles. The van der Waals surface area contributed by atoms with Gasteiger partial charge in [0, 0.05) is 17.8 Å². The van der Waals surface area contributed by atoms with Gasteiger partial charge in [0.25, 0.3) is 5.91 Å². The van der Waals surface area contributed by atoms with Crippen LogP contribution in [0.1, 0.15) is 22.3 Å². The maximum Gasteiger partial charge on any atom is 0.251 e. The molecule has 2 heterocycles. The molecule has 3 N–H and O–H groups in total. The Kier molecular flexibility index (Phi) is 2.93. The molecule has 3 rings (SSSR count). The SMILES string of the molecule is O=C(NC1CCOC1O)c1ccc2c(c1)CCN2. The fourth-order valence-corrected chi connectivity index (χ4v) is 2.42. The molecule has 18 heavy (non-hydrogen) atoms. The molecule has 2 aliphatic rings. The molecule has 0 radical (unpaired) electrons. The van der Waals surface area contributed by atoms with E-state index in [4.69, 9.17) is 4.74 Å². The van der Waals surface area contributed by atoms with Crippen molar-refractivity contribution in [3.8, 4) is 0 Å². The number of rotatable bonds is 2. The van der Waals surface area contributed by atoms with Crippen LogP contribution < -0.4 is 10.6 Å². The van der Waals surface area contributed by atoms with Crippen molar-refractivity contribution in [3.63, 3.8) is 0 Å². The van der Waals surface area contributed by atoms with Crippen LogP contribution in [0.4, 0.5) is 5.69 Å². The number of anilines is 1. The Morgan fingerprint density at radius 1 is 1.50 bits per heavy atom. The number of hydrogen-bond donors (Lipinski definition) is 3. The van der Waals surface area contributed by atoms with Gasteiger partial charge in [0.1, 0.15) is 0 Å². The number of hydrogen-bond acceptors (Lipinski definition) is 4. The lowest BCUT2D eigenvalue weighted by Gasteiger charge is -2.15. The van der Waals surface area contributed by atoms with E-state index in [1.807, 2.05) is 12.1 Å². The second-order valence-electron chi connectivity index (χ2n) is 4.68. The fourth-order valence-electron chi connectivity index (χ4n) is 2.42. The van der Waals surface area contributed by atoms with Crippen LogP contribution in [0.5, 0.6) is 0 Å². The van der Waals surface area contributed by atoms with E-state index in [2.05, 4.69) is 10.6 Å². The van der Waals surface area contributed by atoms with Gasteiger partial charge in [-0.05, 0) is 36.6 Å². The van der Waals surface area contributed by atoms with Crippen LogP contribution in [-0.4, -0.2) is 36.5 Å². The van der Waals surface area contributed by atoms with Crippen molar-refractivity contribution in [2.45, 2.75) is 25.2 Å². The molecular weight excluding hydrogens is 232 g/mol. The maximum absolute atomic E-state index is 12.0. The number of ether oxygens (including phenoxy) is 1. The summed E-state index contributed by atoms with van der Waals surface area (Å²) in [6, 6.07) is 5.34. The van der Waals surface area contributed by atoms with E-state index in [0.29, 0.717) is 18.6 Å². The van der Waals surface area contributed by atoms with Crippen LogP contribution in [0.3, 0.4) is 0 Å². The highest BCUT2D eigenvalue weighted by Gasteiger charge is 2.28. The monoisotopic (exact) mass is 248 g/mol. The van der Waals surface area contributed by atoms with Gasteiger partial charge in [0.15, 0.2) is 6.29 Å². The smallest absolute Gasteiger partial charge is 0.251 e. The third kappa shape index (κ3) is 2.07. The molecule has 2 aliphatic heterocycles. The largest absolute Gasteiger partial charge is 0.384 e. The van der Waals surface area contributed by atoms with Crippen molar-refractivity contribution >= 4 is 11.6 Å². The summed E-state index contributed by atoms with van der Waals surface area (Å²) in [5, 5.41) is 15.5. The van der Waals surface area contributed by atoms with Gasteiger partial charge in [-0.2, -0.15) is 0 Å². The van der Waals surface area contributed by atoms with Gasteiger partial charge < -0.3 is 20.5 Å². The summed E-state index contributed by atoms with van der Waals surface area (Å²) in [7, 11) is 0. The molecule has 1 amide bonds. The van der Waals surface area contributed by atoms with E-state index in [1.165, 1.54) is 5.56 Å². The summed E-state index contributed by atoms with van der Waals surface area (Å²) in [6.45, 7) is 1.41. The van der Waals surface area contributed by atoms with Crippen LogP contribution in [0.15, 0.2) is 18.2 Å². The molecule has 1 aromatic carbocycles. The van der Waals surface area contributed by atoms with Gasteiger partial charge in [-0.15, -0.1) is 0 Å². The van der Waals surface area contributed by atoms with Crippen LogP contribution in [0, 0.1) is 0 Å². The average molecular weight is 248 g/mol. The summed E-state index contributed by atoms with van der Waals surface area (Å²) < 4.78 is 5.01. The number of carbonyl (C=O) groups excluding carboxylic acids is 1. The first-order valence-corrected chi connectivity index (χ1v) is 6.21. The molecule has 0 spiro atoms. The molecule has 1 fully saturated rings. The topological polar surface area (TPSA) is 70.6 Å². The Morgan fingerprint density at radius 3 is 3.17 bits per heavy atom. The second-order valence-corrected chi connectivity index (χ2v) is 4.68. The Bertz CT molecular complexity index is 475. The molecule has 5 heteroatoms. The summed E-state index contributed by atoms with van der Waals surface area (Å²) in [5.74, 6) is -0.153. The highest BCUT2D eigenvalue weighted by atomic mass is 16.6. The average Bonchev–Trinajstić information content (AvgIpc) is 2.98. The second kappa shape index (κ2) is 4.59. The number of aliphatic hydroxyl groups excluding tert-OH is 1. The first-order valence-electron chi connectivity index (χ1n) is 6.21. The predicted molar refractivity (Wildman–Crippen MR) is 66.5 cm³/mol. The Labute approximate surface area is 105 Å². The molecule has 1 saturated heterocycles. The van der Waals surface area contributed by atoms with E-state index in [9.17, 15) is 9.90 Å². The van der Waals surface area contributed by atoms with E-state index in [0.717, 1.165) is 18.7 Å². The van der Waals surface area contributed by atoms with Crippen molar-refractivity contribution in [3.05, 3.63) is 29.3 Å². The molecule has 0 bridgehead atoms. The Morgan fingerprint density at radius 2 is 2.39 bits per heavy atom. The molecule has 0 aromatic heterocycles. The number of amides is 1. The molecular formula is C13H16N2O3. The van der Waals surface area contributed by atoms with Gasteiger partial charge in [-0.1, -0.05) is 0 Å². The highest BCUT2D eigenvalue weighted by molar-refractivity contribution is 5.95. The maximum atomic E-state index is 12.0. The number of aliphatic hydroxyl groups is 1. The van der Waals surface area contributed by atoms with Crippen molar-refractivity contribution in [1.82, 2.24) is 5.32 Å². The number of carbonyl (C=O) groups is 1. The lowest BCUT2D eigenvalue weighted by molar-refractivity contribution is -0.0704. The third-order valence-electron chi connectivity index (χ3n) is 3.46. The molecule has 0 saturated carbocycles. The van der Waals surface area contributed by atoms with Crippen molar-refractivity contribution in [1.29, 1.82) is 0 Å². The van der Waals surface area contributed by atoms with E-state index in [-0.39, 0.29) is 11.9 Å². The summed E-state index contributed by atoms with van der Waals surface area (Å²) >= 11 is 0. The minimum Gasteiger partial charge on any atom is -0.384 e. The van der Waals surface area contributed by atoms with Crippen LogP contribution in [-0.2, 0) is 11.2 Å².